The van der Waals surface area contributed by atoms with Crippen LogP contribution in [0.15, 0.2) is 0 Å². The average Bonchev–Trinajstić information content (AvgIpc) is 2.97. The van der Waals surface area contributed by atoms with Crippen molar-refractivity contribution >= 4 is 18.6 Å². The highest BCUT2D eigenvalue weighted by molar-refractivity contribution is 7.80. The number of rotatable bonds is 5. The molecule has 0 aromatic carbocycles. The molecule has 0 amide bonds. The quantitative estimate of drug-likeness (QED) is 0.604. The lowest BCUT2D eigenvalue weighted by Crippen LogP contribution is -2.35. The maximum atomic E-state index is 12.5. The molecule has 0 heterocycles. The molecule has 0 aliphatic heterocycles. The highest BCUT2D eigenvalue weighted by atomic mass is 32.1. The van der Waals surface area contributed by atoms with Crippen LogP contribution in [0, 0.1) is 17.8 Å². The Balaban J connectivity index is 1.98. The highest BCUT2D eigenvalue weighted by Gasteiger charge is 2.42. The molecule has 3 unspecified atom stereocenters. The minimum absolute atomic E-state index is 0.0832. The standard InChI is InChI=1S/C16H28O2S/c1-3-16(7-4-5-8-16)18-15(17)14-11-12(2)10-13(14)6-9-19/h12-14,19H,3-11H2,1-2H3. The van der Waals surface area contributed by atoms with E-state index in [-0.39, 0.29) is 17.5 Å². The van der Waals surface area contributed by atoms with E-state index < -0.39 is 0 Å². The van der Waals surface area contributed by atoms with Gasteiger partial charge in [0.1, 0.15) is 5.60 Å². The summed E-state index contributed by atoms with van der Waals surface area (Å²) in [4.78, 5) is 12.5. The van der Waals surface area contributed by atoms with Gasteiger partial charge in [-0.2, -0.15) is 12.6 Å². The molecule has 0 radical (unpaired) electrons. The molecule has 0 N–H and O–H groups in total. The molecular weight excluding hydrogens is 256 g/mol. The van der Waals surface area contributed by atoms with Gasteiger partial charge < -0.3 is 4.74 Å². The van der Waals surface area contributed by atoms with Crippen LogP contribution in [-0.4, -0.2) is 17.3 Å². The fourth-order valence-corrected chi connectivity index (χ4v) is 4.34. The Morgan fingerprint density at radius 2 is 2.00 bits per heavy atom. The third kappa shape index (κ3) is 3.48. The predicted octanol–water partition coefficient (Wildman–Crippen LogP) is 4.23. The molecule has 0 spiro atoms. The summed E-state index contributed by atoms with van der Waals surface area (Å²) in [5.41, 5.74) is -0.131. The lowest BCUT2D eigenvalue weighted by Gasteiger charge is -2.30. The Kier molecular flexibility index (Phi) is 5.22. The number of hydrogen-bond acceptors (Lipinski definition) is 3. The van der Waals surface area contributed by atoms with Gasteiger partial charge in [-0.15, -0.1) is 0 Å². The van der Waals surface area contributed by atoms with E-state index in [1.807, 2.05) is 0 Å². The second-order valence-corrected chi connectivity index (χ2v) is 7.07. The molecule has 2 aliphatic carbocycles. The first kappa shape index (κ1) is 15.2. The van der Waals surface area contributed by atoms with E-state index in [2.05, 4.69) is 26.5 Å². The molecule has 0 saturated heterocycles. The fraction of sp³-hybridized carbons (Fsp3) is 0.938. The Morgan fingerprint density at radius 3 is 2.58 bits per heavy atom. The van der Waals surface area contributed by atoms with Crippen molar-refractivity contribution in [3.8, 4) is 0 Å². The van der Waals surface area contributed by atoms with Crippen LogP contribution in [0.3, 0.4) is 0 Å². The van der Waals surface area contributed by atoms with E-state index in [0.717, 1.165) is 37.9 Å². The summed E-state index contributed by atoms with van der Waals surface area (Å²) >= 11 is 4.33. The van der Waals surface area contributed by atoms with Crippen molar-refractivity contribution in [3.63, 3.8) is 0 Å². The lowest BCUT2D eigenvalue weighted by molar-refractivity contribution is -0.166. The van der Waals surface area contributed by atoms with Crippen LogP contribution in [-0.2, 0) is 9.53 Å². The van der Waals surface area contributed by atoms with Crippen molar-refractivity contribution in [2.45, 2.75) is 70.8 Å². The second kappa shape index (κ2) is 6.51. The molecule has 2 fully saturated rings. The van der Waals surface area contributed by atoms with Gasteiger partial charge in [-0.05, 0) is 69.0 Å². The maximum Gasteiger partial charge on any atom is 0.309 e. The van der Waals surface area contributed by atoms with E-state index in [0.29, 0.717) is 11.8 Å². The van der Waals surface area contributed by atoms with E-state index in [9.17, 15) is 4.79 Å². The average molecular weight is 284 g/mol. The third-order valence-electron chi connectivity index (χ3n) is 5.21. The summed E-state index contributed by atoms with van der Waals surface area (Å²) < 4.78 is 5.99. The van der Waals surface area contributed by atoms with E-state index in [1.54, 1.807) is 0 Å². The van der Waals surface area contributed by atoms with E-state index in [1.165, 1.54) is 19.3 Å². The minimum Gasteiger partial charge on any atom is -0.459 e. The predicted molar refractivity (Wildman–Crippen MR) is 81.4 cm³/mol. The number of carbonyl (C=O) groups excluding carboxylic acids is 1. The number of carbonyl (C=O) groups is 1. The largest absolute Gasteiger partial charge is 0.459 e. The summed E-state index contributed by atoms with van der Waals surface area (Å²) in [6.07, 6.45) is 8.75. The number of hydrogen-bond donors (Lipinski definition) is 1. The first-order valence-electron chi connectivity index (χ1n) is 7.94. The van der Waals surface area contributed by atoms with E-state index >= 15 is 0 Å². The first-order valence-corrected chi connectivity index (χ1v) is 8.57. The Hall–Kier alpha value is -0.180. The molecule has 2 rings (SSSR count). The van der Waals surface area contributed by atoms with Crippen molar-refractivity contribution < 1.29 is 9.53 Å². The molecular formula is C16H28O2S. The van der Waals surface area contributed by atoms with Gasteiger partial charge in [0.05, 0.1) is 5.92 Å². The molecule has 3 heteroatoms. The smallest absolute Gasteiger partial charge is 0.309 e. The summed E-state index contributed by atoms with van der Waals surface area (Å²) in [5, 5.41) is 0. The summed E-state index contributed by atoms with van der Waals surface area (Å²) in [6, 6.07) is 0. The normalized spacial score (nSPS) is 33.5. The summed E-state index contributed by atoms with van der Waals surface area (Å²) in [5.74, 6) is 2.24. The zero-order valence-electron chi connectivity index (χ0n) is 12.4. The van der Waals surface area contributed by atoms with Gasteiger partial charge in [0.25, 0.3) is 0 Å². The molecule has 0 bridgehead atoms. The van der Waals surface area contributed by atoms with Gasteiger partial charge in [0.2, 0.25) is 0 Å². The zero-order valence-corrected chi connectivity index (χ0v) is 13.3. The topological polar surface area (TPSA) is 26.3 Å². The molecule has 2 aliphatic rings. The van der Waals surface area contributed by atoms with Crippen LogP contribution >= 0.6 is 12.6 Å². The zero-order chi connectivity index (χ0) is 13.9. The molecule has 0 aromatic rings. The van der Waals surface area contributed by atoms with Crippen LogP contribution in [0.25, 0.3) is 0 Å². The third-order valence-corrected chi connectivity index (χ3v) is 5.47. The van der Waals surface area contributed by atoms with Crippen molar-refractivity contribution in [3.05, 3.63) is 0 Å². The first-order chi connectivity index (χ1) is 9.10. The number of esters is 1. The van der Waals surface area contributed by atoms with Crippen LogP contribution in [0.2, 0.25) is 0 Å². The molecule has 19 heavy (non-hydrogen) atoms. The van der Waals surface area contributed by atoms with Crippen LogP contribution in [0.1, 0.15) is 65.2 Å². The summed E-state index contributed by atoms with van der Waals surface area (Å²) in [6.45, 7) is 4.41. The van der Waals surface area contributed by atoms with Crippen LogP contribution in [0.4, 0.5) is 0 Å². The summed E-state index contributed by atoms with van der Waals surface area (Å²) in [7, 11) is 0. The van der Waals surface area contributed by atoms with Crippen molar-refractivity contribution in [2.24, 2.45) is 17.8 Å². The maximum absolute atomic E-state index is 12.5. The number of ether oxygens (including phenoxy) is 1. The lowest BCUT2D eigenvalue weighted by atomic mass is 9.92. The van der Waals surface area contributed by atoms with Crippen LogP contribution in [0.5, 0.6) is 0 Å². The Morgan fingerprint density at radius 1 is 1.32 bits per heavy atom. The Bertz CT molecular complexity index is 310. The highest BCUT2D eigenvalue weighted by Crippen LogP contribution is 2.42. The van der Waals surface area contributed by atoms with Gasteiger partial charge in [-0.25, -0.2) is 0 Å². The Labute approximate surface area is 123 Å². The van der Waals surface area contributed by atoms with Gasteiger partial charge >= 0.3 is 5.97 Å². The molecule has 2 saturated carbocycles. The second-order valence-electron chi connectivity index (χ2n) is 6.62. The van der Waals surface area contributed by atoms with Crippen LogP contribution < -0.4 is 0 Å². The molecule has 110 valence electrons. The van der Waals surface area contributed by atoms with Gasteiger partial charge in [-0.1, -0.05) is 13.8 Å². The SMILES string of the molecule is CCC1(OC(=O)C2CC(C)CC2CCS)CCCC1. The van der Waals surface area contributed by atoms with Crippen molar-refractivity contribution in [1.82, 2.24) is 0 Å². The minimum atomic E-state index is -0.131. The fourth-order valence-electron chi connectivity index (χ4n) is 4.01. The monoisotopic (exact) mass is 284 g/mol. The van der Waals surface area contributed by atoms with E-state index in [4.69, 9.17) is 4.74 Å². The van der Waals surface area contributed by atoms with Gasteiger partial charge in [-0.3, -0.25) is 4.79 Å². The molecule has 0 aromatic heterocycles. The van der Waals surface area contributed by atoms with Crippen molar-refractivity contribution in [2.75, 3.05) is 5.75 Å². The molecule has 3 atom stereocenters. The van der Waals surface area contributed by atoms with Gasteiger partial charge in [0.15, 0.2) is 0 Å². The van der Waals surface area contributed by atoms with Gasteiger partial charge in [0, 0.05) is 0 Å². The van der Waals surface area contributed by atoms with Crippen molar-refractivity contribution in [1.29, 1.82) is 0 Å². The molecule has 2 nitrogen and oxygen atoms in total. The number of thiol groups is 1.